The standard InChI is InChI=1S/C16H15N3O5/c1-11-6-5-8-13(15(11)19(23)24)16(20)17(2)10-12-7-3-4-9-14(12)18(21)22/h3-9H,10H2,1-2H3. The average molecular weight is 329 g/mol. The van der Waals surface area contributed by atoms with Gasteiger partial charge in [-0.2, -0.15) is 0 Å². The summed E-state index contributed by atoms with van der Waals surface area (Å²) in [5.74, 6) is -0.566. The number of nitro groups is 2. The van der Waals surface area contributed by atoms with Gasteiger partial charge in [0.25, 0.3) is 17.3 Å². The van der Waals surface area contributed by atoms with Crippen LogP contribution in [0.1, 0.15) is 21.5 Å². The molecule has 2 aromatic rings. The molecule has 1 amide bonds. The molecule has 0 aromatic heterocycles. The molecule has 0 aliphatic carbocycles. The van der Waals surface area contributed by atoms with Gasteiger partial charge in [-0.15, -0.1) is 0 Å². The Balaban J connectivity index is 2.34. The number of rotatable bonds is 5. The fourth-order valence-corrected chi connectivity index (χ4v) is 2.43. The number of amides is 1. The summed E-state index contributed by atoms with van der Waals surface area (Å²) in [5.41, 5.74) is 0.340. The quantitative estimate of drug-likeness (QED) is 0.619. The number of hydrogen-bond donors (Lipinski definition) is 0. The Morgan fingerprint density at radius 1 is 1.04 bits per heavy atom. The lowest BCUT2D eigenvalue weighted by atomic mass is 10.1. The minimum absolute atomic E-state index is 0.0267. The molecule has 124 valence electrons. The van der Waals surface area contributed by atoms with Gasteiger partial charge < -0.3 is 4.90 Å². The molecule has 2 rings (SSSR count). The maximum absolute atomic E-state index is 12.6. The van der Waals surface area contributed by atoms with E-state index in [1.807, 2.05) is 0 Å². The van der Waals surface area contributed by atoms with Crippen LogP contribution < -0.4 is 0 Å². The molecule has 0 heterocycles. The minimum Gasteiger partial charge on any atom is -0.337 e. The van der Waals surface area contributed by atoms with Crippen molar-refractivity contribution in [3.63, 3.8) is 0 Å². The van der Waals surface area contributed by atoms with Gasteiger partial charge >= 0.3 is 0 Å². The molecule has 8 heteroatoms. The summed E-state index contributed by atoms with van der Waals surface area (Å²) >= 11 is 0. The van der Waals surface area contributed by atoms with Gasteiger partial charge in [-0.3, -0.25) is 25.0 Å². The number of benzene rings is 2. The molecular formula is C16H15N3O5. The summed E-state index contributed by atoms with van der Waals surface area (Å²) in [4.78, 5) is 34.9. The van der Waals surface area contributed by atoms with Crippen LogP contribution in [-0.4, -0.2) is 27.7 Å². The van der Waals surface area contributed by atoms with E-state index in [4.69, 9.17) is 0 Å². The fourth-order valence-electron chi connectivity index (χ4n) is 2.43. The third-order valence-corrected chi connectivity index (χ3v) is 3.59. The molecule has 0 saturated heterocycles. The monoisotopic (exact) mass is 329 g/mol. The molecular weight excluding hydrogens is 314 g/mol. The normalized spacial score (nSPS) is 10.2. The van der Waals surface area contributed by atoms with E-state index < -0.39 is 15.8 Å². The fraction of sp³-hybridized carbons (Fsp3) is 0.188. The average Bonchev–Trinajstić information content (AvgIpc) is 2.53. The Morgan fingerprint density at radius 2 is 1.71 bits per heavy atom. The first-order chi connectivity index (χ1) is 11.3. The van der Waals surface area contributed by atoms with Gasteiger partial charge in [0.1, 0.15) is 5.56 Å². The summed E-state index contributed by atoms with van der Waals surface area (Å²) < 4.78 is 0. The highest BCUT2D eigenvalue weighted by atomic mass is 16.6. The maximum atomic E-state index is 12.6. The summed E-state index contributed by atoms with van der Waals surface area (Å²) in [6, 6.07) is 10.6. The number of nitro benzene ring substituents is 2. The Morgan fingerprint density at radius 3 is 2.33 bits per heavy atom. The van der Waals surface area contributed by atoms with E-state index in [-0.39, 0.29) is 23.5 Å². The van der Waals surface area contributed by atoms with Crippen LogP contribution >= 0.6 is 0 Å². The lowest BCUT2D eigenvalue weighted by molar-refractivity contribution is -0.385. The zero-order valence-corrected chi connectivity index (χ0v) is 13.1. The first kappa shape index (κ1) is 17.1. The molecule has 0 aliphatic rings. The zero-order valence-electron chi connectivity index (χ0n) is 13.1. The molecule has 0 radical (unpaired) electrons. The molecule has 0 spiro atoms. The minimum atomic E-state index is -0.596. The second-order valence-electron chi connectivity index (χ2n) is 5.28. The van der Waals surface area contributed by atoms with E-state index in [1.165, 1.54) is 30.1 Å². The number of aryl methyl sites for hydroxylation is 1. The Bertz CT molecular complexity index is 819. The van der Waals surface area contributed by atoms with Gasteiger partial charge in [0.2, 0.25) is 0 Å². The van der Waals surface area contributed by atoms with Gasteiger partial charge in [-0.1, -0.05) is 30.3 Å². The molecule has 0 N–H and O–H groups in total. The third kappa shape index (κ3) is 3.37. The second-order valence-corrected chi connectivity index (χ2v) is 5.28. The number of hydrogen-bond acceptors (Lipinski definition) is 5. The SMILES string of the molecule is Cc1cccc(C(=O)N(C)Cc2ccccc2[N+](=O)[O-])c1[N+](=O)[O-]. The van der Waals surface area contributed by atoms with Crippen LogP contribution in [0.3, 0.4) is 0 Å². The van der Waals surface area contributed by atoms with Crippen molar-refractivity contribution in [3.8, 4) is 0 Å². The van der Waals surface area contributed by atoms with Crippen LogP contribution in [0.2, 0.25) is 0 Å². The van der Waals surface area contributed by atoms with Crippen molar-refractivity contribution in [1.29, 1.82) is 0 Å². The van der Waals surface area contributed by atoms with E-state index in [0.717, 1.165) is 0 Å². The molecule has 8 nitrogen and oxygen atoms in total. The smallest absolute Gasteiger partial charge is 0.285 e. The Hall–Kier alpha value is -3.29. The van der Waals surface area contributed by atoms with Gasteiger partial charge in [0.15, 0.2) is 0 Å². The lowest BCUT2D eigenvalue weighted by Gasteiger charge is -2.17. The molecule has 2 aromatic carbocycles. The van der Waals surface area contributed by atoms with E-state index in [1.54, 1.807) is 31.2 Å². The summed E-state index contributed by atoms with van der Waals surface area (Å²) in [7, 11) is 1.45. The largest absolute Gasteiger partial charge is 0.337 e. The number of carbonyl (C=O) groups excluding carboxylic acids is 1. The lowest BCUT2D eigenvalue weighted by Crippen LogP contribution is -2.27. The van der Waals surface area contributed by atoms with Crippen molar-refractivity contribution in [1.82, 2.24) is 4.90 Å². The first-order valence-corrected chi connectivity index (χ1v) is 7.04. The van der Waals surface area contributed by atoms with Crippen molar-refractivity contribution < 1.29 is 14.6 Å². The van der Waals surface area contributed by atoms with Gasteiger partial charge in [0.05, 0.1) is 16.4 Å². The highest BCUT2D eigenvalue weighted by Crippen LogP contribution is 2.25. The van der Waals surface area contributed by atoms with Crippen molar-refractivity contribution in [2.24, 2.45) is 0 Å². The van der Waals surface area contributed by atoms with Crippen LogP contribution in [0.5, 0.6) is 0 Å². The highest BCUT2D eigenvalue weighted by molar-refractivity contribution is 5.98. The van der Waals surface area contributed by atoms with Crippen LogP contribution in [0, 0.1) is 27.2 Å². The molecule has 0 saturated carbocycles. The third-order valence-electron chi connectivity index (χ3n) is 3.59. The first-order valence-electron chi connectivity index (χ1n) is 7.04. The predicted octanol–water partition coefficient (Wildman–Crippen LogP) is 3.08. The highest BCUT2D eigenvalue weighted by Gasteiger charge is 2.26. The zero-order chi connectivity index (χ0) is 17.9. The van der Waals surface area contributed by atoms with E-state index in [0.29, 0.717) is 11.1 Å². The number of nitrogens with zero attached hydrogens (tertiary/aromatic N) is 3. The van der Waals surface area contributed by atoms with Crippen molar-refractivity contribution in [3.05, 3.63) is 79.4 Å². The van der Waals surface area contributed by atoms with Crippen LogP contribution in [-0.2, 0) is 6.54 Å². The molecule has 0 fully saturated rings. The Kier molecular flexibility index (Phi) is 4.88. The summed E-state index contributed by atoms with van der Waals surface area (Å²) in [6.07, 6.45) is 0. The molecule has 0 aliphatic heterocycles. The van der Waals surface area contributed by atoms with Gasteiger partial charge in [-0.05, 0) is 13.0 Å². The van der Waals surface area contributed by atoms with Gasteiger partial charge in [-0.25, -0.2) is 0 Å². The van der Waals surface area contributed by atoms with Crippen LogP contribution in [0.15, 0.2) is 42.5 Å². The van der Waals surface area contributed by atoms with E-state index in [2.05, 4.69) is 0 Å². The van der Waals surface area contributed by atoms with Crippen molar-refractivity contribution >= 4 is 17.3 Å². The molecule has 0 bridgehead atoms. The molecule has 0 unspecified atom stereocenters. The van der Waals surface area contributed by atoms with Crippen molar-refractivity contribution in [2.45, 2.75) is 13.5 Å². The summed E-state index contributed by atoms with van der Waals surface area (Å²) in [5, 5.41) is 22.3. The Labute approximate surface area is 137 Å². The molecule has 0 atom stereocenters. The molecule has 24 heavy (non-hydrogen) atoms. The van der Waals surface area contributed by atoms with Crippen molar-refractivity contribution in [2.75, 3.05) is 7.05 Å². The van der Waals surface area contributed by atoms with Crippen LogP contribution in [0.4, 0.5) is 11.4 Å². The topological polar surface area (TPSA) is 107 Å². The number of carbonyl (C=O) groups is 1. The van der Waals surface area contributed by atoms with E-state index in [9.17, 15) is 25.0 Å². The van der Waals surface area contributed by atoms with E-state index >= 15 is 0 Å². The second kappa shape index (κ2) is 6.86. The van der Waals surface area contributed by atoms with Crippen LogP contribution in [0.25, 0.3) is 0 Å². The summed E-state index contributed by atoms with van der Waals surface area (Å²) in [6.45, 7) is 1.53. The number of para-hydroxylation sites is 2. The predicted molar refractivity (Wildman–Crippen MR) is 86.7 cm³/mol. The van der Waals surface area contributed by atoms with Gasteiger partial charge in [0, 0.05) is 24.2 Å². The maximum Gasteiger partial charge on any atom is 0.285 e.